The van der Waals surface area contributed by atoms with Crippen LogP contribution in [0.25, 0.3) is 0 Å². The number of aldehydes is 1. The minimum absolute atomic E-state index is 0.239. The van der Waals surface area contributed by atoms with E-state index in [0.717, 1.165) is 11.8 Å². The van der Waals surface area contributed by atoms with Crippen molar-refractivity contribution in [2.45, 2.75) is 31.8 Å². The molecule has 96 valence electrons. The third-order valence-electron chi connectivity index (χ3n) is 2.96. The maximum Gasteiger partial charge on any atom is 0.166 e. The van der Waals surface area contributed by atoms with E-state index in [0.29, 0.717) is 12.1 Å². The van der Waals surface area contributed by atoms with E-state index in [1.54, 1.807) is 23.8 Å². The molecule has 3 atom stereocenters. The molecule has 0 amide bonds. The van der Waals surface area contributed by atoms with Gasteiger partial charge in [-0.05, 0) is 13.0 Å². The first-order valence-corrected chi connectivity index (χ1v) is 5.73. The molecule has 0 bridgehead atoms. The summed E-state index contributed by atoms with van der Waals surface area (Å²) < 4.78 is 7.14. The van der Waals surface area contributed by atoms with Gasteiger partial charge in [0.2, 0.25) is 0 Å². The van der Waals surface area contributed by atoms with Crippen LogP contribution in [0, 0.1) is 11.8 Å². The molecule has 2 heterocycles. The van der Waals surface area contributed by atoms with Crippen molar-refractivity contribution in [2.75, 3.05) is 6.61 Å². The van der Waals surface area contributed by atoms with Gasteiger partial charge in [-0.1, -0.05) is 5.92 Å². The normalized spacial score (nSPS) is 26.7. The molecule has 2 N–H and O–H groups in total. The van der Waals surface area contributed by atoms with E-state index in [-0.39, 0.29) is 6.61 Å². The Morgan fingerprint density at radius 2 is 2.44 bits per heavy atom. The number of hydrogen-bond acceptors (Lipinski definition) is 4. The number of carbonyl (C=O) groups excluding carboxylic acids is 1. The molecule has 0 aliphatic carbocycles. The minimum atomic E-state index is -0.720. The molecule has 1 aromatic rings. The molecule has 1 saturated heterocycles. The topological polar surface area (TPSA) is 71.7 Å². The maximum absolute atomic E-state index is 11.0. The van der Waals surface area contributed by atoms with Crippen LogP contribution in [-0.4, -0.2) is 39.9 Å². The molecule has 0 spiro atoms. The molecule has 5 heteroatoms. The first-order valence-electron chi connectivity index (χ1n) is 5.73. The Bertz CT molecular complexity index is 497. The van der Waals surface area contributed by atoms with Gasteiger partial charge in [0.15, 0.2) is 6.29 Å². The summed E-state index contributed by atoms with van der Waals surface area (Å²) in [5.41, 5.74) is 1.17. The van der Waals surface area contributed by atoms with Gasteiger partial charge in [-0.3, -0.25) is 4.79 Å². The molecule has 18 heavy (non-hydrogen) atoms. The molecule has 1 aliphatic rings. The van der Waals surface area contributed by atoms with Crippen molar-refractivity contribution < 1.29 is 19.7 Å². The van der Waals surface area contributed by atoms with Gasteiger partial charge in [0, 0.05) is 18.2 Å². The van der Waals surface area contributed by atoms with Crippen molar-refractivity contribution in [3.8, 4) is 11.8 Å². The number of hydrogen-bond donors (Lipinski definition) is 2. The first-order chi connectivity index (χ1) is 8.69. The predicted octanol–water partition coefficient (Wildman–Crippen LogP) is 0.313. The lowest BCUT2D eigenvalue weighted by molar-refractivity contribution is -0.0445. The van der Waals surface area contributed by atoms with E-state index < -0.39 is 18.4 Å². The Hall–Kier alpha value is -1.61. The van der Waals surface area contributed by atoms with E-state index >= 15 is 0 Å². The number of rotatable bonds is 3. The molecule has 0 aromatic carbocycles. The van der Waals surface area contributed by atoms with E-state index in [1.807, 2.05) is 0 Å². The predicted molar refractivity (Wildman–Crippen MR) is 64.0 cm³/mol. The van der Waals surface area contributed by atoms with Crippen LogP contribution in [0.2, 0.25) is 0 Å². The summed E-state index contributed by atoms with van der Waals surface area (Å²) in [6, 6.07) is 1.67. The lowest BCUT2D eigenvalue weighted by atomic mass is 10.2. The lowest BCUT2D eigenvalue weighted by Gasteiger charge is -2.14. The smallest absolute Gasteiger partial charge is 0.166 e. The van der Waals surface area contributed by atoms with Crippen LogP contribution in [0.3, 0.4) is 0 Å². The van der Waals surface area contributed by atoms with Crippen molar-refractivity contribution in [1.29, 1.82) is 0 Å². The molecular formula is C13H15NO4. The Morgan fingerprint density at radius 1 is 1.67 bits per heavy atom. The van der Waals surface area contributed by atoms with Gasteiger partial charge in [0.25, 0.3) is 0 Å². The Morgan fingerprint density at radius 3 is 3.00 bits per heavy atom. The highest BCUT2D eigenvalue weighted by Crippen LogP contribution is 2.30. The highest BCUT2D eigenvalue weighted by molar-refractivity contribution is 5.73. The fourth-order valence-electron chi connectivity index (χ4n) is 2.10. The van der Waals surface area contributed by atoms with Crippen LogP contribution in [-0.2, 0) is 4.74 Å². The van der Waals surface area contributed by atoms with E-state index in [2.05, 4.69) is 11.8 Å². The van der Waals surface area contributed by atoms with Crippen molar-refractivity contribution in [2.24, 2.45) is 0 Å². The van der Waals surface area contributed by atoms with Crippen molar-refractivity contribution in [3.63, 3.8) is 0 Å². The first kappa shape index (κ1) is 12.8. The van der Waals surface area contributed by atoms with Gasteiger partial charge >= 0.3 is 0 Å². The molecule has 2 rings (SSSR count). The van der Waals surface area contributed by atoms with Crippen LogP contribution >= 0.6 is 0 Å². The summed E-state index contributed by atoms with van der Waals surface area (Å²) in [4.78, 5) is 11.0. The summed E-state index contributed by atoms with van der Waals surface area (Å²) >= 11 is 0. The van der Waals surface area contributed by atoms with Crippen LogP contribution in [0.4, 0.5) is 0 Å². The number of aliphatic hydroxyl groups is 2. The van der Waals surface area contributed by atoms with Gasteiger partial charge < -0.3 is 19.5 Å². The summed E-state index contributed by atoms with van der Waals surface area (Å²) in [5.74, 6) is 5.62. The van der Waals surface area contributed by atoms with Gasteiger partial charge in [-0.2, -0.15) is 0 Å². The zero-order valence-electron chi connectivity index (χ0n) is 10.0. The molecule has 1 fully saturated rings. The van der Waals surface area contributed by atoms with Gasteiger partial charge in [-0.25, -0.2) is 0 Å². The van der Waals surface area contributed by atoms with E-state index in [4.69, 9.17) is 9.84 Å². The highest BCUT2D eigenvalue weighted by Gasteiger charge is 2.35. The lowest BCUT2D eigenvalue weighted by Crippen LogP contribution is -2.24. The third-order valence-corrected chi connectivity index (χ3v) is 2.96. The molecule has 1 aromatic heterocycles. The van der Waals surface area contributed by atoms with Gasteiger partial charge in [-0.15, -0.1) is 5.92 Å². The van der Waals surface area contributed by atoms with E-state index in [1.165, 1.54) is 0 Å². The Labute approximate surface area is 105 Å². The molecule has 0 saturated carbocycles. The number of carbonyl (C=O) groups is 1. The average molecular weight is 249 g/mol. The van der Waals surface area contributed by atoms with Gasteiger partial charge in [0.1, 0.15) is 12.3 Å². The zero-order chi connectivity index (χ0) is 13.1. The number of aromatic nitrogens is 1. The van der Waals surface area contributed by atoms with Crippen LogP contribution < -0.4 is 0 Å². The monoisotopic (exact) mass is 249 g/mol. The zero-order valence-corrected chi connectivity index (χ0v) is 10.0. The Kier molecular flexibility index (Phi) is 3.82. The van der Waals surface area contributed by atoms with Crippen molar-refractivity contribution in [3.05, 3.63) is 23.5 Å². The third kappa shape index (κ3) is 2.31. The molecule has 5 nitrogen and oxygen atoms in total. The standard InChI is InChI=1S/C13H15NO4/c1-2-3-9-4-10(7-15)14(6-9)13-5-11(17)12(8-16)18-13/h4,6-7,11-13,16-17H,5,8H2,1H3/t11-,12-,13-/m1/s1. The average Bonchev–Trinajstić information content (AvgIpc) is 2.92. The van der Waals surface area contributed by atoms with Crippen molar-refractivity contribution in [1.82, 2.24) is 4.57 Å². The quantitative estimate of drug-likeness (QED) is 0.597. The number of nitrogens with zero attached hydrogens (tertiary/aromatic N) is 1. The van der Waals surface area contributed by atoms with Crippen molar-refractivity contribution >= 4 is 6.29 Å². The summed E-state index contributed by atoms with van der Waals surface area (Å²) in [5, 5.41) is 18.7. The highest BCUT2D eigenvalue weighted by atomic mass is 16.5. The second-order valence-electron chi connectivity index (χ2n) is 4.17. The molecular weight excluding hydrogens is 234 g/mol. The number of aliphatic hydroxyl groups excluding tert-OH is 2. The van der Waals surface area contributed by atoms with E-state index in [9.17, 15) is 9.90 Å². The second kappa shape index (κ2) is 5.36. The molecule has 0 radical (unpaired) electrons. The van der Waals surface area contributed by atoms with Crippen LogP contribution in [0.5, 0.6) is 0 Å². The SMILES string of the molecule is CC#Cc1cc(C=O)n([C@H]2C[C@@H](O)[C@@H](CO)O2)c1. The summed E-state index contributed by atoms with van der Waals surface area (Å²) in [7, 11) is 0. The Balaban J connectivity index is 2.27. The second-order valence-corrected chi connectivity index (χ2v) is 4.17. The largest absolute Gasteiger partial charge is 0.394 e. The van der Waals surface area contributed by atoms with Crippen LogP contribution in [0.15, 0.2) is 12.3 Å². The minimum Gasteiger partial charge on any atom is -0.394 e. The fraction of sp³-hybridized carbons (Fsp3) is 0.462. The van der Waals surface area contributed by atoms with Gasteiger partial charge in [0.05, 0.1) is 18.4 Å². The summed E-state index contributed by atoms with van der Waals surface area (Å²) in [6.07, 6.45) is 1.03. The van der Waals surface area contributed by atoms with Crippen LogP contribution in [0.1, 0.15) is 35.6 Å². The fourth-order valence-corrected chi connectivity index (χ4v) is 2.10. The maximum atomic E-state index is 11.0. The molecule has 0 unspecified atom stereocenters. The number of ether oxygens (including phenoxy) is 1. The molecule has 1 aliphatic heterocycles. The summed E-state index contributed by atoms with van der Waals surface area (Å²) in [6.45, 7) is 1.48.